The molecule has 1 heterocycles. The molecule has 0 bridgehead atoms. The first kappa shape index (κ1) is 20.8. The molecule has 8 heteroatoms. The van der Waals surface area contributed by atoms with Gasteiger partial charge in [-0.3, -0.25) is 0 Å². The number of allylic oxidation sites excluding steroid dienone is 1. The Labute approximate surface area is 174 Å². The van der Waals surface area contributed by atoms with Crippen molar-refractivity contribution >= 4 is 35.2 Å². The lowest BCUT2D eigenvalue weighted by Gasteiger charge is -2.32. The Morgan fingerprint density at radius 3 is 2.68 bits per heavy atom. The van der Waals surface area contributed by atoms with Crippen LogP contribution in [0.4, 0.5) is 4.79 Å². The van der Waals surface area contributed by atoms with Crippen LogP contribution in [0.3, 0.4) is 0 Å². The third kappa shape index (κ3) is 4.39. The summed E-state index contributed by atoms with van der Waals surface area (Å²) >= 11 is 12.4. The van der Waals surface area contributed by atoms with E-state index in [0.717, 1.165) is 25.7 Å². The zero-order chi connectivity index (χ0) is 20.4. The van der Waals surface area contributed by atoms with Gasteiger partial charge in [-0.2, -0.15) is 0 Å². The molecule has 2 amide bonds. The van der Waals surface area contributed by atoms with E-state index >= 15 is 0 Å². The first-order chi connectivity index (χ1) is 13.3. The fourth-order valence-corrected chi connectivity index (χ4v) is 4.49. The highest BCUT2D eigenvalue weighted by Crippen LogP contribution is 2.40. The maximum Gasteiger partial charge on any atom is 0.338 e. The van der Waals surface area contributed by atoms with Crippen LogP contribution in [-0.2, 0) is 9.53 Å². The van der Waals surface area contributed by atoms with E-state index in [4.69, 9.17) is 32.7 Å². The van der Waals surface area contributed by atoms with Gasteiger partial charge >= 0.3 is 12.0 Å². The summed E-state index contributed by atoms with van der Waals surface area (Å²) in [6.07, 6.45) is 3.75. The van der Waals surface area contributed by atoms with Gasteiger partial charge in [0.05, 0.1) is 23.7 Å². The Morgan fingerprint density at radius 2 is 2.00 bits per heavy atom. The van der Waals surface area contributed by atoms with Gasteiger partial charge in [0.25, 0.3) is 0 Å². The first-order valence-corrected chi connectivity index (χ1v) is 10.1. The number of nitrogens with one attached hydrogen (secondary N) is 2. The fraction of sp³-hybridized carbons (Fsp3) is 0.500. The molecule has 1 fully saturated rings. The SMILES string of the molecule is COc1c(Cl)cc(Cl)cc1C1NC(=O)NC(C)=C1C(=O)OC1CCCC(C)C1. The lowest BCUT2D eigenvalue weighted by Crippen LogP contribution is -2.45. The predicted molar refractivity (Wildman–Crippen MR) is 108 cm³/mol. The monoisotopic (exact) mass is 426 g/mol. The summed E-state index contributed by atoms with van der Waals surface area (Å²) in [5, 5.41) is 6.08. The van der Waals surface area contributed by atoms with Crippen molar-refractivity contribution in [3.8, 4) is 5.75 Å². The molecule has 0 saturated heterocycles. The van der Waals surface area contributed by atoms with Crippen LogP contribution in [0.2, 0.25) is 10.0 Å². The maximum absolute atomic E-state index is 13.1. The van der Waals surface area contributed by atoms with Gasteiger partial charge in [-0.25, -0.2) is 9.59 Å². The molecule has 0 radical (unpaired) electrons. The number of benzene rings is 1. The molecule has 1 aromatic rings. The molecule has 28 heavy (non-hydrogen) atoms. The third-order valence-electron chi connectivity index (χ3n) is 5.20. The molecule has 6 nitrogen and oxygen atoms in total. The topological polar surface area (TPSA) is 76.7 Å². The predicted octanol–water partition coefficient (Wildman–Crippen LogP) is 4.75. The van der Waals surface area contributed by atoms with Gasteiger partial charge in [-0.15, -0.1) is 0 Å². The fourth-order valence-electron chi connectivity index (χ4n) is 3.91. The van der Waals surface area contributed by atoms with Gasteiger partial charge in [-0.05, 0) is 44.2 Å². The van der Waals surface area contributed by atoms with E-state index in [-0.39, 0.29) is 6.10 Å². The summed E-state index contributed by atoms with van der Waals surface area (Å²) in [5.74, 6) is 0.406. The molecule has 1 aliphatic heterocycles. The summed E-state index contributed by atoms with van der Waals surface area (Å²) in [7, 11) is 1.47. The summed E-state index contributed by atoms with van der Waals surface area (Å²) in [4.78, 5) is 25.2. The Hall–Kier alpha value is -1.92. The van der Waals surface area contributed by atoms with Gasteiger partial charge in [0.1, 0.15) is 11.9 Å². The highest BCUT2D eigenvalue weighted by molar-refractivity contribution is 6.35. The van der Waals surface area contributed by atoms with Gasteiger partial charge in [0.2, 0.25) is 0 Å². The molecule has 2 N–H and O–H groups in total. The lowest BCUT2D eigenvalue weighted by atomic mass is 9.88. The number of amides is 2. The van der Waals surface area contributed by atoms with Crippen LogP contribution in [-0.4, -0.2) is 25.2 Å². The van der Waals surface area contributed by atoms with Crippen LogP contribution in [0.1, 0.15) is 51.1 Å². The van der Waals surface area contributed by atoms with Crippen molar-refractivity contribution in [1.29, 1.82) is 0 Å². The summed E-state index contributed by atoms with van der Waals surface area (Å²) in [6, 6.07) is 1.97. The molecular weight excluding hydrogens is 403 g/mol. The van der Waals surface area contributed by atoms with E-state index in [1.54, 1.807) is 19.1 Å². The minimum absolute atomic E-state index is 0.125. The molecule has 0 aromatic heterocycles. The van der Waals surface area contributed by atoms with Crippen molar-refractivity contribution in [3.05, 3.63) is 39.0 Å². The van der Waals surface area contributed by atoms with Gasteiger partial charge in [0.15, 0.2) is 0 Å². The second-order valence-electron chi connectivity index (χ2n) is 7.38. The van der Waals surface area contributed by atoms with Crippen molar-refractivity contribution in [2.75, 3.05) is 7.11 Å². The molecule has 0 spiro atoms. The number of carbonyl (C=O) groups excluding carboxylic acids is 2. The van der Waals surface area contributed by atoms with E-state index in [2.05, 4.69) is 17.6 Å². The Bertz CT molecular complexity index is 825. The molecule has 3 rings (SSSR count). The number of esters is 1. The van der Waals surface area contributed by atoms with Crippen molar-refractivity contribution < 1.29 is 19.1 Å². The molecule has 2 aliphatic rings. The molecule has 152 valence electrons. The number of methoxy groups -OCH3 is 1. The Balaban J connectivity index is 1.96. The Kier molecular flexibility index (Phi) is 6.40. The zero-order valence-electron chi connectivity index (χ0n) is 16.1. The summed E-state index contributed by atoms with van der Waals surface area (Å²) < 4.78 is 11.2. The number of ether oxygens (including phenoxy) is 2. The van der Waals surface area contributed by atoms with E-state index < -0.39 is 18.0 Å². The summed E-state index contributed by atoms with van der Waals surface area (Å²) in [5.41, 5.74) is 1.24. The number of hydrogen-bond acceptors (Lipinski definition) is 4. The van der Waals surface area contributed by atoms with Crippen LogP contribution in [0.5, 0.6) is 5.75 Å². The van der Waals surface area contributed by atoms with Crippen LogP contribution < -0.4 is 15.4 Å². The normalized spacial score (nSPS) is 25.0. The number of hydrogen-bond donors (Lipinski definition) is 2. The average Bonchev–Trinajstić information content (AvgIpc) is 2.60. The van der Waals surface area contributed by atoms with Crippen LogP contribution >= 0.6 is 23.2 Å². The van der Waals surface area contributed by atoms with Gasteiger partial charge < -0.3 is 20.1 Å². The van der Waals surface area contributed by atoms with E-state index in [1.165, 1.54) is 7.11 Å². The number of rotatable bonds is 4. The van der Waals surface area contributed by atoms with E-state index in [9.17, 15) is 9.59 Å². The second kappa shape index (κ2) is 8.62. The first-order valence-electron chi connectivity index (χ1n) is 9.32. The van der Waals surface area contributed by atoms with Crippen LogP contribution in [0, 0.1) is 5.92 Å². The number of halogens is 2. The quantitative estimate of drug-likeness (QED) is 0.680. The van der Waals surface area contributed by atoms with E-state index in [0.29, 0.717) is 38.5 Å². The van der Waals surface area contributed by atoms with Crippen LogP contribution in [0.15, 0.2) is 23.4 Å². The standard InChI is InChI=1S/C20H24Cl2N2O4/c1-10-5-4-6-13(7-10)28-19(25)16-11(2)23-20(26)24-17(16)14-8-12(21)9-15(22)18(14)27-3/h8-10,13,17H,4-7H2,1-3H3,(H2,23,24,26). The number of urea groups is 1. The van der Waals surface area contributed by atoms with Gasteiger partial charge in [-0.1, -0.05) is 36.5 Å². The van der Waals surface area contributed by atoms with Crippen molar-refractivity contribution in [1.82, 2.24) is 10.6 Å². The molecule has 3 atom stereocenters. The van der Waals surface area contributed by atoms with Crippen molar-refractivity contribution in [3.63, 3.8) is 0 Å². The lowest BCUT2D eigenvalue weighted by molar-refractivity contribution is -0.146. The smallest absolute Gasteiger partial charge is 0.338 e. The number of carbonyl (C=O) groups is 2. The van der Waals surface area contributed by atoms with Crippen molar-refractivity contribution in [2.45, 2.75) is 51.7 Å². The largest absolute Gasteiger partial charge is 0.495 e. The van der Waals surface area contributed by atoms with Gasteiger partial charge in [0, 0.05) is 16.3 Å². The van der Waals surface area contributed by atoms with Crippen LogP contribution in [0.25, 0.3) is 0 Å². The Morgan fingerprint density at radius 1 is 1.25 bits per heavy atom. The third-order valence-corrected chi connectivity index (χ3v) is 5.70. The molecule has 1 saturated carbocycles. The average molecular weight is 427 g/mol. The molecule has 3 unspecified atom stereocenters. The molecular formula is C20H24Cl2N2O4. The molecule has 1 aliphatic carbocycles. The van der Waals surface area contributed by atoms with Crippen molar-refractivity contribution in [2.24, 2.45) is 5.92 Å². The highest BCUT2D eigenvalue weighted by Gasteiger charge is 2.36. The zero-order valence-corrected chi connectivity index (χ0v) is 17.6. The minimum Gasteiger partial charge on any atom is -0.495 e. The van der Waals surface area contributed by atoms with E-state index in [1.807, 2.05) is 0 Å². The second-order valence-corrected chi connectivity index (χ2v) is 8.22. The maximum atomic E-state index is 13.1. The highest BCUT2D eigenvalue weighted by atomic mass is 35.5. The molecule has 1 aromatic carbocycles. The minimum atomic E-state index is -0.784. The summed E-state index contributed by atoms with van der Waals surface area (Å²) in [6.45, 7) is 3.83.